The summed E-state index contributed by atoms with van der Waals surface area (Å²) in [5.74, 6) is -0.324. The number of rotatable bonds is 6. The number of fused-ring (bicyclic) bond motifs is 1. The second-order valence-corrected chi connectivity index (χ2v) is 11.4. The van der Waals surface area contributed by atoms with Crippen molar-refractivity contribution in [3.8, 4) is 0 Å². The van der Waals surface area contributed by atoms with Gasteiger partial charge in [-0.25, -0.2) is 8.42 Å². The molecule has 0 aliphatic carbocycles. The molecule has 2 aromatic carbocycles. The van der Waals surface area contributed by atoms with E-state index in [1.807, 2.05) is 37.3 Å². The Hall–Kier alpha value is -2.36. The van der Waals surface area contributed by atoms with Crippen molar-refractivity contribution in [3.05, 3.63) is 54.1 Å². The van der Waals surface area contributed by atoms with E-state index < -0.39 is 10.0 Å². The van der Waals surface area contributed by atoms with Gasteiger partial charge in [-0.3, -0.25) is 9.59 Å². The number of hydrogen-bond acceptors (Lipinski definition) is 5. The fraction of sp³-hybridized carbons (Fsp3) is 0.391. The smallest absolute Gasteiger partial charge is 0.243 e. The van der Waals surface area contributed by atoms with Crippen LogP contribution in [0.1, 0.15) is 25.3 Å². The van der Waals surface area contributed by atoms with Crippen LogP contribution in [-0.2, 0) is 26.0 Å². The highest BCUT2D eigenvalue weighted by Crippen LogP contribution is 2.37. The van der Waals surface area contributed by atoms with Gasteiger partial charge in [0.25, 0.3) is 0 Å². The number of sulfonamides is 1. The Balaban J connectivity index is 1.33. The van der Waals surface area contributed by atoms with E-state index in [4.69, 9.17) is 0 Å². The highest BCUT2D eigenvalue weighted by molar-refractivity contribution is 8.01. The van der Waals surface area contributed by atoms with Crippen molar-refractivity contribution in [3.63, 3.8) is 0 Å². The first-order valence-electron chi connectivity index (χ1n) is 10.8. The molecule has 2 aromatic rings. The SMILES string of the molecule is C[C@@H]1Sc2ccc(S(=O)(=O)N3CCC(C(=O)NCCc4ccccc4)CC3)cc2NC1=O. The van der Waals surface area contributed by atoms with Crippen molar-refractivity contribution in [1.82, 2.24) is 9.62 Å². The minimum absolute atomic E-state index is 0.0133. The zero-order valence-corrected chi connectivity index (χ0v) is 19.5. The molecule has 1 fully saturated rings. The van der Waals surface area contributed by atoms with Gasteiger partial charge in [0.15, 0.2) is 0 Å². The summed E-state index contributed by atoms with van der Waals surface area (Å²) < 4.78 is 27.7. The van der Waals surface area contributed by atoms with Crippen LogP contribution in [-0.4, -0.2) is 49.4 Å². The summed E-state index contributed by atoms with van der Waals surface area (Å²) in [4.78, 5) is 25.5. The Morgan fingerprint density at radius 1 is 1.16 bits per heavy atom. The van der Waals surface area contributed by atoms with Crippen LogP contribution in [0.15, 0.2) is 58.3 Å². The van der Waals surface area contributed by atoms with E-state index in [1.54, 1.807) is 12.1 Å². The topological polar surface area (TPSA) is 95.6 Å². The number of amides is 2. The zero-order chi connectivity index (χ0) is 22.7. The number of nitrogens with zero attached hydrogens (tertiary/aromatic N) is 1. The van der Waals surface area contributed by atoms with Gasteiger partial charge < -0.3 is 10.6 Å². The zero-order valence-electron chi connectivity index (χ0n) is 17.9. The van der Waals surface area contributed by atoms with E-state index in [2.05, 4.69) is 10.6 Å². The maximum atomic E-state index is 13.1. The molecule has 1 atom stereocenters. The number of carbonyl (C=O) groups is 2. The second-order valence-electron chi connectivity index (χ2n) is 8.11. The Labute approximate surface area is 193 Å². The molecule has 2 aliphatic heterocycles. The summed E-state index contributed by atoms with van der Waals surface area (Å²) >= 11 is 1.42. The number of benzene rings is 2. The third-order valence-electron chi connectivity index (χ3n) is 5.90. The molecule has 9 heteroatoms. The largest absolute Gasteiger partial charge is 0.356 e. The molecule has 32 heavy (non-hydrogen) atoms. The summed E-state index contributed by atoms with van der Waals surface area (Å²) in [6.07, 6.45) is 1.75. The molecule has 0 unspecified atom stereocenters. The van der Waals surface area contributed by atoms with E-state index >= 15 is 0 Å². The Kier molecular flexibility index (Phi) is 6.88. The van der Waals surface area contributed by atoms with Crippen LogP contribution in [0.4, 0.5) is 5.69 Å². The molecular formula is C23H27N3O4S2. The van der Waals surface area contributed by atoms with E-state index in [9.17, 15) is 18.0 Å². The first kappa shape index (κ1) is 22.8. The average molecular weight is 474 g/mol. The van der Waals surface area contributed by atoms with Crippen molar-refractivity contribution in [2.45, 2.75) is 41.2 Å². The van der Waals surface area contributed by atoms with Crippen LogP contribution in [0, 0.1) is 5.92 Å². The molecule has 1 saturated heterocycles. The maximum absolute atomic E-state index is 13.1. The van der Waals surface area contributed by atoms with Gasteiger partial charge in [-0.15, -0.1) is 11.8 Å². The molecular weight excluding hydrogens is 446 g/mol. The van der Waals surface area contributed by atoms with Crippen molar-refractivity contribution in [2.24, 2.45) is 5.92 Å². The quantitative estimate of drug-likeness (QED) is 0.673. The van der Waals surface area contributed by atoms with Gasteiger partial charge in [-0.2, -0.15) is 4.31 Å². The number of thioether (sulfide) groups is 1. The normalized spacial score (nSPS) is 19.8. The Morgan fingerprint density at radius 2 is 1.88 bits per heavy atom. The summed E-state index contributed by atoms with van der Waals surface area (Å²) in [5.41, 5.74) is 1.70. The number of carbonyl (C=O) groups excluding carboxylic acids is 2. The lowest BCUT2D eigenvalue weighted by molar-refractivity contribution is -0.126. The molecule has 7 nitrogen and oxygen atoms in total. The van der Waals surface area contributed by atoms with Crippen LogP contribution in [0.3, 0.4) is 0 Å². The van der Waals surface area contributed by atoms with Crippen LogP contribution in [0.2, 0.25) is 0 Å². The number of nitrogens with one attached hydrogen (secondary N) is 2. The monoisotopic (exact) mass is 473 g/mol. The van der Waals surface area contributed by atoms with Gasteiger partial charge in [-0.05, 0) is 49.9 Å². The van der Waals surface area contributed by atoms with Crippen LogP contribution in [0.5, 0.6) is 0 Å². The molecule has 170 valence electrons. The predicted octanol–water partition coefficient (Wildman–Crippen LogP) is 2.88. The first-order chi connectivity index (χ1) is 15.3. The molecule has 0 aromatic heterocycles. The molecule has 2 aliphatic rings. The Morgan fingerprint density at radius 3 is 2.59 bits per heavy atom. The van der Waals surface area contributed by atoms with Crippen LogP contribution in [0.25, 0.3) is 0 Å². The van der Waals surface area contributed by atoms with E-state index in [-0.39, 0.29) is 27.9 Å². The number of hydrogen-bond donors (Lipinski definition) is 2. The molecule has 0 radical (unpaired) electrons. The third-order valence-corrected chi connectivity index (χ3v) is 8.97. The summed E-state index contributed by atoms with van der Waals surface area (Å²) in [6.45, 7) is 2.98. The van der Waals surface area contributed by atoms with Gasteiger partial charge in [0.05, 0.1) is 15.8 Å². The Bertz CT molecular complexity index is 1100. The lowest BCUT2D eigenvalue weighted by Crippen LogP contribution is -2.43. The first-order valence-corrected chi connectivity index (χ1v) is 13.1. The molecule has 2 amide bonds. The van der Waals surface area contributed by atoms with Crippen molar-refractivity contribution in [2.75, 3.05) is 25.0 Å². The molecule has 0 spiro atoms. The standard InChI is InChI=1S/C23H27N3O4S2/c1-16-22(27)25-20-15-19(7-8-21(20)31-16)32(29,30)26-13-10-18(11-14-26)23(28)24-12-9-17-5-3-2-4-6-17/h2-8,15-16,18H,9-14H2,1H3,(H,24,28)(H,25,27)/t16-/m0/s1. The molecule has 4 rings (SSSR count). The van der Waals surface area contributed by atoms with E-state index in [0.717, 1.165) is 11.3 Å². The number of piperidine rings is 1. The molecule has 2 heterocycles. The van der Waals surface area contributed by atoms with Gasteiger partial charge in [0.2, 0.25) is 21.8 Å². The minimum atomic E-state index is -3.69. The predicted molar refractivity (Wildman–Crippen MR) is 125 cm³/mol. The maximum Gasteiger partial charge on any atom is 0.243 e. The van der Waals surface area contributed by atoms with Crippen LogP contribution >= 0.6 is 11.8 Å². The highest BCUT2D eigenvalue weighted by Gasteiger charge is 2.33. The van der Waals surface area contributed by atoms with Crippen LogP contribution < -0.4 is 10.6 Å². The fourth-order valence-electron chi connectivity index (χ4n) is 3.97. The number of anilines is 1. The van der Waals surface area contributed by atoms with Gasteiger partial charge >= 0.3 is 0 Å². The highest BCUT2D eigenvalue weighted by atomic mass is 32.2. The van der Waals surface area contributed by atoms with Crippen molar-refractivity contribution in [1.29, 1.82) is 0 Å². The minimum Gasteiger partial charge on any atom is -0.356 e. The van der Waals surface area contributed by atoms with Gasteiger partial charge in [0.1, 0.15) is 0 Å². The van der Waals surface area contributed by atoms with Gasteiger partial charge in [0, 0.05) is 30.4 Å². The summed E-state index contributed by atoms with van der Waals surface area (Å²) in [5, 5.41) is 5.56. The fourth-order valence-corrected chi connectivity index (χ4v) is 6.40. The molecule has 0 saturated carbocycles. The average Bonchev–Trinajstić information content (AvgIpc) is 2.80. The molecule has 2 N–H and O–H groups in total. The van der Waals surface area contributed by atoms with E-state index in [1.165, 1.54) is 27.7 Å². The lowest BCUT2D eigenvalue weighted by Gasteiger charge is -2.31. The van der Waals surface area contributed by atoms with Crippen molar-refractivity contribution >= 4 is 39.3 Å². The molecule has 0 bridgehead atoms. The second kappa shape index (κ2) is 9.64. The van der Waals surface area contributed by atoms with Gasteiger partial charge in [-0.1, -0.05) is 30.3 Å². The summed E-state index contributed by atoms with van der Waals surface area (Å²) in [6, 6.07) is 14.8. The summed E-state index contributed by atoms with van der Waals surface area (Å²) in [7, 11) is -3.69. The lowest BCUT2D eigenvalue weighted by atomic mass is 9.97. The third kappa shape index (κ3) is 5.00. The van der Waals surface area contributed by atoms with E-state index in [0.29, 0.717) is 38.2 Å². The van der Waals surface area contributed by atoms with Crippen molar-refractivity contribution < 1.29 is 18.0 Å².